The van der Waals surface area contributed by atoms with Gasteiger partial charge in [0.25, 0.3) is 10.0 Å². The molecule has 1 unspecified atom stereocenters. The molecule has 1 aliphatic rings. The fraction of sp³-hybridized carbons (Fsp3) is 0.625. The number of hydrogen-bond donors (Lipinski definition) is 2. The summed E-state index contributed by atoms with van der Waals surface area (Å²) in [5.74, 6) is -4.50. The van der Waals surface area contributed by atoms with Crippen LogP contribution in [0.25, 0.3) is 0 Å². The Kier molecular flexibility index (Phi) is 5.21. The Morgan fingerprint density at radius 1 is 1.40 bits per heavy atom. The largest absolute Gasteiger partial charge is 0.326 e. The minimum Gasteiger partial charge on any atom is -0.326 e. The van der Waals surface area contributed by atoms with Crippen molar-refractivity contribution in [2.75, 3.05) is 5.32 Å². The third kappa shape index (κ3) is 4.94. The summed E-state index contributed by atoms with van der Waals surface area (Å²) >= 11 is 0. The van der Waals surface area contributed by atoms with E-state index in [0.29, 0.717) is 0 Å². The molecule has 0 bridgehead atoms. The van der Waals surface area contributed by atoms with Crippen LogP contribution in [0.5, 0.6) is 0 Å². The van der Waals surface area contributed by atoms with E-state index >= 15 is 0 Å². The fourth-order valence-corrected chi connectivity index (χ4v) is 3.82. The fourth-order valence-electron chi connectivity index (χ4n) is 3.32. The maximum atomic E-state index is 13.8. The first-order valence-electron chi connectivity index (χ1n) is 7.97. The molecule has 1 aromatic rings. The Morgan fingerprint density at radius 3 is 2.60 bits per heavy atom. The van der Waals surface area contributed by atoms with Crippen LogP contribution in [0, 0.1) is 17.3 Å². The first-order valence-corrected chi connectivity index (χ1v) is 9.52. The molecule has 0 saturated heterocycles. The number of hydrogen-bond acceptors (Lipinski definition) is 4. The standard InChI is InChI=1S/C16H23F2N3O3S/c1-15(2,3)12-4-6-16(17,18)9-11(12)14(22)21-10-5-7-20-13(8-10)25(19,23)24/h5,7-8,11-12H,4,6,9H2,1-3H3,(H2,19,23,24)(H,20,21,22)/t11-,12?/m1/s1. The van der Waals surface area contributed by atoms with Crippen molar-refractivity contribution in [1.82, 2.24) is 4.98 Å². The number of sulfonamides is 1. The number of alkyl halides is 2. The molecule has 1 aliphatic carbocycles. The summed E-state index contributed by atoms with van der Waals surface area (Å²) in [5, 5.41) is 7.15. The minimum atomic E-state index is -4.02. The highest BCUT2D eigenvalue weighted by Crippen LogP contribution is 2.47. The van der Waals surface area contributed by atoms with Crippen molar-refractivity contribution in [3.8, 4) is 0 Å². The Balaban J connectivity index is 2.25. The zero-order valence-electron chi connectivity index (χ0n) is 14.4. The molecule has 1 saturated carbocycles. The van der Waals surface area contributed by atoms with Crippen molar-refractivity contribution in [2.24, 2.45) is 22.4 Å². The smallest absolute Gasteiger partial charge is 0.255 e. The van der Waals surface area contributed by atoms with Crippen LogP contribution in [0.15, 0.2) is 23.4 Å². The van der Waals surface area contributed by atoms with Crippen LogP contribution >= 0.6 is 0 Å². The summed E-state index contributed by atoms with van der Waals surface area (Å²) in [5.41, 5.74) is -0.145. The summed E-state index contributed by atoms with van der Waals surface area (Å²) in [6, 6.07) is 2.50. The number of nitrogens with one attached hydrogen (secondary N) is 1. The Morgan fingerprint density at radius 2 is 2.04 bits per heavy atom. The van der Waals surface area contributed by atoms with Crippen LogP contribution in [0.3, 0.4) is 0 Å². The molecule has 1 fully saturated rings. The lowest BCUT2D eigenvalue weighted by molar-refractivity contribution is -0.136. The lowest BCUT2D eigenvalue weighted by atomic mass is 9.65. The van der Waals surface area contributed by atoms with E-state index in [9.17, 15) is 22.0 Å². The van der Waals surface area contributed by atoms with Crippen molar-refractivity contribution in [1.29, 1.82) is 0 Å². The number of aromatic nitrogens is 1. The molecule has 9 heteroatoms. The molecule has 3 N–H and O–H groups in total. The van der Waals surface area contributed by atoms with Crippen molar-refractivity contribution >= 4 is 21.6 Å². The van der Waals surface area contributed by atoms with Crippen LogP contribution in [-0.2, 0) is 14.8 Å². The number of halogens is 2. The van der Waals surface area contributed by atoms with Gasteiger partial charge in [-0.2, -0.15) is 0 Å². The van der Waals surface area contributed by atoms with E-state index < -0.39 is 39.2 Å². The molecule has 2 rings (SSSR count). The van der Waals surface area contributed by atoms with Gasteiger partial charge in [-0.15, -0.1) is 0 Å². The highest BCUT2D eigenvalue weighted by molar-refractivity contribution is 7.89. The zero-order chi connectivity index (χ0) is 19.0. The molecule has 0 aliphatic heterocycles. The van der Waals surface area contributed by atoms with Gasteiger partial charge in [-0.3, -0.25) is 4.79 Å². The van der Waals surface area contributed by atoms with Crippen molar-refractivity contribution in [3.05, 3.63) is 18.3 Å². The number of nitrogens with two attached hydrogens (primary N) is 1. The van der Waals surface area contributed by atoms with E-state index in [1.165, 1.54) is 12.3 Å². The summed E-state index contributed by atoms with van der Waals surface area (Å²) in [7, 11) is -4.02. The zero-order valence-corrected chi connectivity index (χ0v) is 15.2. The maximum Gasteiger partial charge on any atom is 0.255 e. The third-order valence-corrected chi connectivity index (χ3v) is 5.37. The van der Waals surface area contributed by atoms with Gasteiger partial charge in [0.2, 0.25) is 11.8 Å². The molecular weight excluding hydrogens is 352 g/mol. The SMILES string of the molecule is CC(C)(C)C1CCC(F)(F)C[C@H]1C(=O)Nc1ccnc(S(N)(=O)=O)c1. The molecule has 0 radical (unpaired) electrons. The minimum absolute atomic E-state index is 0.158. The molecule has 1 amide bonds. The van der Waals surface area contributed by atoms with Crippen molar-refractivity contribution in [2.45, 2.75) is 51.0 Å². The monoisotopic (exact) mass is 375 g/mol. The van der Waals surface area contributed by atoms with Gasteiger partial charge in [-0.25, -0.2) is 27.3 Å². The van der Waals surface area contributed by atoms with Crippen LogP contribution in [-0.4, -0.2) is 25.2 Å². The van der Waals surface area contributed by atoms with E-state index in [2.05, 4.69) is 10.3 Å². The normalized spacial score (nSPS) is 23.9. The number of anilines is 1. The topological polar surface area (TPSA) is 102 Å². The second-order valence-electron chi connectivity index (χ2n) is 7.59. The summed E-state index contributed by atoms with van der Waals surface area (Å²) in [4.78, 5) is 16.3. The molecule has 25 heavy (non-hydrogen) atoms. The summed E-state index contributed by atoms with van der Waals surface area (Å²) < 4.78 is 50.4. The number of carbonyl (C=O) groups excluding carboxylic acids is 1. The van der Waals surface area contributed by atoms with Gasteiger partial charge >= 0.3 is 0 Å². The molecule has 0 aromatic carbocycles. The average molecular weight is 375 g/mol. The molecule has 6 nitrogen and oxygen atoms in total. The predicted octanol–water partition coefficient (Wildman–Crippen LogP) is 2.77. The van der Waals surface area contributed by atoms with Crippen LogP contribution in [0.2, 0.25) is 0 Å². The van der Waals surface area contributed by atoms with Crippen molar-refractivity contribution in [3.63, 3.8) is 0 Å². The third-order valence-electron chi connectivity index (χ3n) is 4.57. The highest BCUT2D eigenvalue weighted by atomic mass is 32.2. The van der Waals surface area contributed by atoms with E-state index in [0.717, 1.165) is 6.07 Å². The lowest BCUT2D eigenvalue weighted by Gasteiger charge is -2.42. The number of rotatable bonds is 3. The van der Waals surface area contributed by atoms with Crippen molar-refractivity contribution < 1.29 is 22.0 Å². The molecule has 140 valence electrons. The number of pyridine rings is 1. The number of primary sulfonamides is 1. The van der Waals surface area contributed by atoms with Gasteiger partial charge in [0.1, 0.15) is 0 Å². The van der Waals surface area contributed by atoms with Crippen LogP contribution < -0.4 is 10.5 Å². The predicted molar refractivity (Wildman–Crippen MR) is 89.5 cm³/mol. The number of carbonyl (C=O) groups is 1. The molecule has 1 aromatic heterocycles. The van der Waals surface area contributed by atoms with Gasteiger partial charge in [0.05, 0.1) is 0 Å². The van der Waals surface area contributed by atoms with Gasteiger partial charge in [0.15, 0.2) is 5.03 Å². The van der Waals surface area contributed by atoms with Gasteiger partial charge in [0, 0.05) is 36.7 Å². The first-order chi connectivity index (χ1) is 11.3. The second-order valence-corrected chi connectivity index (χ2v) is 9.10. The van der Waals surface area contributed by atoms with Gasteiger partial charge < -0.3 is 5.32 Å². The van der Waals surface area contributed by atoms with Crippen LogP contribution in [0.4, 0.5) is 14.5 Å². The molecular formula is C16H23F2N3O3S. The first kappa shape index (κ1) is 19.7. The molecule has 1 heterocycles. The number of amides is 1. The summed E-state index contributed by atoms with van der Waals surface area (Å²) in [6.07, 6.45) is 0.691. The Labute approximate surface area is 146 Å². The average Bonchev–Trinajstić information content (AvgIpc) is 2.44. The van der Waals surface area contributed by atoms with Gasteiger partial charge in [-0.05, 0) is 23.8 Å². The van der Waals surface area contributed by atoms with Crippen LogP contribution in [0.1, 0.15) is 40.0 Å². The maximum absolute atomic E-state index is 13.8. The second kappa shape index (κ2) is 6.60. The quantitative estimate of drug-likeness (QED) is 0.848. The van der Waals surface area contributed by atoms with E-state index in [-0.39, 0.29) is 29.9 Å². The van der Waals surface area contributed by atoms with Gasteiger partial charge in [-0.1, -0.05) is 20.8 Å². The molecule has 2 atom stereocenters. The Hall–Kier alpha value is -1.61. The summed E-state index contributed by atoms with van der Waals surface area (Å²) in [6.45, 7) is 5.77. The van der Waals surface area contributed by atoms with E-state index in [1.54, 1.807) is 0 Å². The lowest BCUT2D eigenvalue weighted by Crippen LogP contribution is -2.44. The number of nitrogens with zero attached hydrogens (tertiary/aromatic N) is 1. The Bertz CT molecular complexity index is 760. The highest BCUT2D eigenvalue weighted by Gasteiger charge is 2.48. The van der Waals surface area contributed by atoms with E-state index in [4.69, 9.17) is 5.14 Å². The van der Waals surface area contributed by atoms with E-state index in [1.807, 2.05) is 20.8 Å². The molecule has 0 spiro atoms.